The minimum absolute atomic E-state index is 0.701. The molecule has 2 aromatic rings. The van der Waals surface area contributed by atoms with Gasteiger partial charge in [-0.2, -0.15) is 0 Å². The van der Waals surface area contributed by atoms with Gasteiger partial charge in [-0.15, -0.1) is 0 Å². The second-order valence-electron chi connectivity index (χ2n) is 2.06. The summed E-state index contributed by atoms with van der Waals surface area (Å²) in [7, 11) is 0. The van der Waals surface area contributed by atoms with Crippen molar-refractivity contribution in [1.82, 2.24) is 14.4 Å². The molecule has 10 heavy (non-hydrogen) atoms. The Labute approximate surface area is 58.4 Å². The normalized spacial score (nSPS) is 10.5. The molecule has 0 N–H and O–H groups in total. The molecule has 0 saturated heterocycles. The smallest absolute Gasteiger partial charge is 0.233 e. The van der Waals surface area contributed by atoms with Gasteiger partial charge in [0.25, 0.3) is 0 Å². The van der Waals surface area contributed by atoms with Crippen LogP contribution in [0.4, 0.5) is 0 Å². The van der Waals surface area contributed by atoms with Gasteiger partial charge in [-0.05, 0) is 13.0 Å². The molecule has 3 heteroatoms. The molecule has 0 fully saturated rings. The molecule has 0 saturated carbocycles. The van der Waals surface area contributed by atoms with E-state index >= 15 is 0 Å². The maximum atomic E-state index is 4.05. The summed E-state index contributed by atoms with van der Waals surface area (Å²) in [6.07, 6.45) is 5.44. The lowest BCUT2D eigenvalue weighted by Gasteiger charge is -1.85. The van der Waals surface area contributed by atoms with Crippen molar-refractivity contribution in [3.63, 3.8) is 0 Å². The molecule has 2 rings (SSSR count). The van der Waals surface area contributed by atoms with Gasteiger partial charge in [0.05, 0.1) is 5.69 Å². The third-order valence-corrected chi connectivity index (χ3v) is 1.29. The first-order valence-electron chi connectivity index (χ1n) is 2.98. The fourth-order valence-corrected chi connectivity index (χ4v) is 0.879. The molecule has 0 atom stereocenters. The monoisotopic (exact) mass is 132 g/mol. The Balaban J connectivity index is 2.88. The van der Waals surface area contributed by atoms with Crippen LogP contribution < -0.4 is 0 Å². The summed E-state index contributed by atoms with van der Waals surface area (Å²) in [5, 5.41) is 0. The number of nitrogens with zero attached hydrogens (tertiary/aromatic N) is 3. The summed E-state index contributed by atoms with van der Waals surface area (Å²) < 4.78 is 1.84. The molecule has 49 valence electrons. The zero-order valence-electron chi connectivity index (χ0n) is 5.36. The van der Waals surface area contributed by atoms with Crippen molar-refractivity contribution in [1.29, 1.82) is 0 Å². The molecule has 0 aliphatic heterocycles. The molecule has 0 aliphatic rings. The fraction of sp³-hybridized carbons (Fsp3) is 0. The van der Waals surface area contributed by atoms with Gasteiger partial charge in [0, 0.05) is 18.6 Å². The highest BCUT2D eigenvalue weighted by molar-refractivity contribution is 5.30. The Kier molecular flexibility index (Phi) is 0.974. The highest BCUT2D eigenvalue weighted by Gasteiger charge is 1.93. The maximum Gasteiger partial charge on any atom is 0.233 e. The van der Waals surface area contributed by atoms with Gasteiger partial charge < -0.3 is 0 Å². The lowest BCUT2D eigenvalue weighted by molar-refractivity contribution is 1.11. The van der Waals surface area contributed by atoms with Gasteiger partial charge in [-0.1, -0.05) is 0 Å². The zero-order chi connectivity index (χ0) is 6.97. The minimum atomic E-state index is 0.701. The van der Waals surface area contributed by atoms with Crippen LogP contribution in [0.5, 0.6) is 0 Å². The predicted octanol–water partition coefficient (Wildman–Crippen LogP) is 0.911. The van der Waals surface area contributed by atoms with Crippen molar-refractivity contribution in [2.75, 3.05) is 0 Å². The van der Waals surface area contributed by atoms with Gasteiger partial charge >= 0.3 is 0 Å². The van der Waals surface area contributed by atoms with Crippen LogP contribution in [0, 0.1) is 6.92 Å². The quantitative estimate of drug-likeness (QED) is 0.533. The molecule has 3 nitrogen and oxygen atoms in total. The van der Waals surface area contributed by atoms with Crippen LogP contribution >= 0.6 is 0 Å². The third-order valence-electron chi connectivity index (χ3n) is 1.29. The van der Waals surface area contributed by atoms with E-state index in [9.17, 15) is 0 Å². The second-order valence-corrected chi connectivity index (χ2v) is 2.06. The summed E-state index contributed by atoms with van der Waals surface area (Å²) in [6, 6.07) is 1.86. The predicted molar refractivity (Wildman–Crippen MR) is 37.4 cm³/mol. The molecular weight excluding hydrogens is 126 g/mol. The Morgan fingerprint density at radius 2 is 2.40 bits per heavy atom. The van der Waals surface area contributed by atoms with E-state index in [0.717, 1.165) is 5.69 Å². The molecule has 2 heterocycles. The molecule has 1 radical (unpaired) electrons. The summed E-state index contributed by atoms with van der Waals surface area (Å²) in [5.41, 5.74) is 0.749. The molecular formula is C7H6N3. The van der Waals surface area contributed by atoms with Crippen molar-refractivity contribution < 1.29 is 0 Å². The number of imidazole rings is 1. The molecule has 2 aromatic heterocycles. The Morgan fingerprint density at radius 1 is 1.50 bits per heavy atom. The highest BCUT2D eigenvalue weighted by Crippen LogP contribution is 1.98. The van der Waals surface area contributed by atoms with Crippen molar-refractivity contribution in [2.45, 2.75) is 0 Å². The summed E-state index contributed by atoms with van der Waals surface area (Å²) in [4.78, 5) is 8.07. The van der Waals surface area contributed by atoms with Crippen molar-refractivity contribution in [2.24, 2.45) is 0 Å². The first-order chi connectivity index (χ1) is 4.86. The largest absolute Gasteiger partial charge is 0.291 e. The van der Waals surface area contributed by atoms with Crippen LogP contribution in [-0.2, 0) is 0 Å². The number of hydrogen-bond donors (Lipinski definition) is 0. The van der Waals surface area contributed by atoms with E-state index in [1.54, 1.807) is 6.20 Å². The minimum Gasteiger partial charge on any atom is -0.291 e. The summed E-state index contributed by atoms with van der Waals surface area (Å²) >= 11 is 0. The average Bonchev–Trinajstić information content (AvgIpc) is 2.27. The Hall–Kier alpha value is -1.38. The Morgan fingerprint density at radius 3 is 3.20 bits per heavy atom. The van der Waals surface area contributed by atoms with E-state index in [2.05, 4.69) is 16.9 Å². The van der Waals surface area contributed by atoms with Crippen LogP contribution in [0.1, 0.15) is 5.69 Å². The first-order valence-corrected chi connectivity index (χ1v) is 2.98. The average molecular weight is 132 g/mol. The number of aromatic nitrogens is 3. The zero-order valence-corrected chi connectivity index (χ0v) is 5.36. The van der Waals surface area contributed by atoms with Gasteiger partial charge in [0.15, 0.2) is 0 Å². The maximum absolute atomic E-state index is 4.05. The number of rotatable bonds is 0. The van der Waals surface area contributed by atoms with E-state index in [1.807, 2.05) is 22.9 Å². The molecule has 0 aromatic carbocycles. The molecule has 0 unspecified atom stereocenters. The van der Waals surface area contributed by atoms with Gasteiger partial charge in [-0.3, -0.25) is 4.40 Å². The van der Waals surface area contributed by atoms with Gasteiger partial charge in [-0.25, -0.2) is 9.97 Å². The SMILES string of the molecule is [CH2]c1cn2cccnc2n1. The Bertz CT molecular complexity index is 317. The van der Waals surface area contributed by atoms with Crippen LogP contribution in [-0.4, -0.2) is 14.4 Å². The molecule has 0 spiro atoms. The lowest BCUT2D eigenvalue weighted by atomic mass is 10.6. The van der Waals surface area contributed by atoms with E-state index in [-0.39, 0.29) is 0 Å². The first kappa shape index (κ1) is 5.41. The lowest BCUT2D eigenvalue weighted by Crippen LogP contribution is -1.82. The summed E-state index contributed by atoms with van der Waals surface area (Å²) in [5.74, 6) is 0.701. The molecule has 0 bridgehead atoms. The molecule has 0 amide bonds. The molecule has 0 aliphatic carbocycles. The van der Waals surface area contributed by atoms with E-state index < -0.39 is 0 Å². The van der Waals surface area contributed by atoms with Gasteiger partial charge in [0.2, 0.25) is 5.78 Å². The third kappa shape index (κ3) is 0.673. The standard InChI is InChI=1S/C7H6N3/c1-6-5-10-4-2-3-8-7(10)9-6/h2-5H,1H2. The van der Waals surface area contributed by atoms with E-state index in [4.69, 9.17) is 0 Å². The fourth-order valence-electron chi connectivity index (χ4n) is 0.879. The number of hydrogen-bond acceptors (Lipinski definition) is 2. The topological polar surface area (TPSA) is 30.2 Å². The van der Waals surface area contributed by atoms with Crippen molar-refractivity contribution in [3.8, 4) is 0 Å². The van der Waals surface area contributed by atoms with E-state index in [1.165, 1.54) is 0 Å². The van der Waals surface area contributed by atoms with Crippen LogP contribution in [0.2, 0.25) is 0 Å². The second kappa shape index (κ2) is 1.80. The van der Waals surface area contributed by atoms with Crippen molar-refractivity contribution >= 4 is 5.78 Å². The van der Waals surface area contributed by atoms with Crippen LogP contribution in [0.15, 0.2) is 24.7 Å². The van der Waals surface area contributed by atoms with Crippen LogP contribution in [0.25, 0.3) is 5.78 Å². The van der Waals surface area contributed by atoms with Crippen molar-refractivity contribution in [3.05, 3.63) is 37.3 Å². The number of fused-ring (bicyclic) bond motifs is 1. The summed E-state index contributed by atoms with van der Waals surface area (Å²) in [6.45, 7) is 3.69. The highest BCUT2D eigenvalue weighted by atomic mass is 15.1. The van der Waals surface area contributed by atoms with E-state index in [0.29, 0.717) is 5.78 Å². The van der Waals surface area contributed by atoms with Crippen LogP contribution in [0.3, 0.4) is 0 Å². The van der Waals surface area contributed by atoms with Gasteiger partial charge in [0.1, 0.15) is 0 Å².